The number of hydrogen-bond donors (Lipinski definition) is 3. The van der Waals surface area contributed by atoms with Crippen LogP contribution in [0.3, 0.4) is 0 Å². The minimum Gasteiger partial charge on any atom is -0.478 e. The summed E-state index contributed by atoms with van der Waals surface area (Å²) in [6.07, 6.45) is 0.0995. The van der Waals surface area contributed by atoms with E-state index in [1.807, 2.05) is 56.3 Å². The molecule has 1 heterocycles. The van der Waals surface area contributed by atoms with Crippen LogP contribution in [0.25, 0.3) is 0 Å². The number of hydrogen-bond acceptors (Lipinski definition) is 4. The van der Waals surface area contributed by atoms with Gasteiger partial charge in [-0.15, -0.1) is 0 Å². The van der Waals surface area contributed by atoms with Gasteiger partial charge in [0.15, 0.2) is 6.10 Å². The van der Waals surface area contributed by atoms with Gasteiger partial charge in [0.25, 0.3) is 5.91 Å². The van der Waals surface area contributed by atoms with Crippen LogP contribution in [0.2, 0.25) is 0 Å². The van der Waals surface area contributed by atoms with Gasteiger partial charge in [-0.3, -0.25) is 9.59 Å². The smallest absolute Gasteiger partial charge is 0.265 e. The number of benzene rings is 2. The van der Waals surface area contributed by atoms with Crippen LogP contribution in [0.5, 0.6) is 5.75 Å². The molecule has 0 aromatic heterocycles. The van der Waals surface area contributed by atoms with Crippen molar-refractivity contribution in [1.29, 1.82) is 0 Å². The SMILES string of the molecule is CCC1Oc2cc(C(C)NC(=O)C(N)c3ccccc3)ccc2NC1=O. The van der Waals surface area contributed by atoms with E-state index < -0.39 is 12.1 Å². The Bertz CT molecular complexity index is 807. The molecular formula is C20H23N3O3. The number of anilines is 1. The number of carbonyl (C=O) groups is 2. The van der Waals surface area contributed by atoms with Crippen LogP contribution in [0.1, 0.15) is 43.5 Å². The minimum atomic E-state index is -0.726. The zero-order valence-corrected chi connectivity index (χ0v) is 14.9. The maximum absolute atomic E-state index is 12.4. The molecule has 0 saturated heterocycles. The standard InChI is InChI=1S/C20H23N3O3/c1-3-16-19(24)23-15-10-9-14(11-17(15)26-16)12(2)22-20(25)18(21)13-7-5-4-6-8-13/h4-12,16,18H,3,21H2,1-2H3,(H,22,25)(H,23,24). The molecule has 2 aromatic carbocycles. The summed E-state index contributed by atoms with van der Waals surface area (Å²) < 4.78 is 5.76. The highest BCUT2D eigenvalue weighted by molar-refractivity contribution is 5.97. The van der Waals surface area contributed by atoms with Gasteiger partial charge in [0, 0.05) is 0 Å². The number of carbonyl (C=O) groups excluding carboxylic acids is 2. The van der Waals surface area contributed by atoms with Gasteiger partial charge < -0.3 is 21.1 Å². The van der Waals surface area contributed by atoms with Crippen molar-refractivity contribution in [2.75, 3.05) is 5.32 Å². The Kier molecular flexibility index (Phi) is 5.23. The molecule has 26 heavy (non-hydrogen) atoms. The lowest BCUT2D eigenvalue weighted by atomic mass is 10.0. The second kappa shape index (κ2) is 7.58. The summed E-state index contributed by atoms with van der Waals surface area (Å²) in [5, 5.41) is 5.76. The summed E-state index contributed by atoms with van der Waals surface area (Å²) in [5.41, 5.74) is 8.33. The zero-order chi connectivity index (χ0) is 18.7. The first-order chi connectivity index (χ1) is 12.5. The highest BCUT2D eigenvalue weighted by Gasteiger charge is 2.27. The molecule has 0 aliphatic carbocycles. The van der Waals surface area contributed by atoms with E-state index in [2.05, 4.69) is 10.6 Å². The molecule has 3 rings (SSSR count). The summed E-state index contributed by atoms with van der Waals surface area (Å²) in [4.78, 5) is 24.3. The first-order valence-corrected chi connectivity index (χ1v) is 8.72. The van der Waals surface area contributed by atoms with E-state index >= 15 is 0 Å². The van der Waals surface area contributed by atoms with Gasteiger partial charge >= 0.3 is 0 Å². The molecule has 0 saturated carbocycles. The highest BCUT2D eigenvalue weighted by atomic mass is 16.5. The molecule has 6 heteroatoms. The Morgan fingerprint density at radius 3 is 2.65 bits per heavy atom. The topological polar surface area (TPSA) is 93.4 Å². The molecule has 2 aromatic rings. The van der Waals surface area contributed by atoms with Gasteiger partial charge in [0.1, 0.15) is 11.8 Å². The number of nitrogens with one attached hydrogen (secondary N) is 2. The molecule has 3 atom stereocenters. The van der Waals surface area contributed by atoms with Crippen molar-refractivity contribution in [3.05, 3.63) is 59.7 Å². The van der Waals surface area contributed by atoms with Gasteiger partial charge in [-0.25, -0.2) is 0 Å². The number of fused-ring (bicyclic) bond motifs is 1. The van der Waals surface area contributed by atoms with E-state index in [9.17, 15) is 9.59 Å². The summed E-state index contributed by atoms with van der Waals surface area (Å²) in [5.74, 6) is 0.229. The molecule has 0 bridgehead atoms. The van der Waals surface area contributed by atoms with Crippen molar-refractivity contribution in [3.8, 4) is 5.75 Å². The van der Waals surface area contributed by atoms with Gasteiger partial charge in [0.2, 0.25) is 5.91 Å². The van der Waals surface area contributed by atoms with Crippen LogP contribution in [-0.4, -0.2) is 17.9 Å². The minimum absolute atomic E-state index is 0.136. The van der Waals surface area contributed by atoms with Crippen molar-refractivity contribution < 1.29 is 14.3 Å². The average molecular weight is 353 g/mol. The third kappa shape index (κ3) is 3.70. The normalized spacial score (nSPS) is 18.1. The molecule has 0 spiro atoms. The van der Waals surface area contributed by atoms with Gasteiger partial charge in [-0.2, -0.15) is 0 Å². The first kappa shape index (κ1) is 17.9. The van der Waals surface area contributed by atoms with Crippen molar-refractivity contribution in [2.45, 2.75) is 38.5 Å². The number of ether oxygens (including phenoxy) is 1. The van der Waals surface area contributed by atoms with Gasteiger partial charge in [0.05, 0.1) is 11.7 Å². The van der Waals surface area contributed by atoms with Gasteiger partial charge in [-0.05, 0) is 36.6 Å². The highest BCUT2D eigenvalue weighted by Crippen LogP contribution is 2.33. The fraction of sp³-hybridized carbons (Fsp3) is 0.300. The monoisotopic (exact) mass is 353 g/mol. The quantitative estimate of drug-likeness (QED) is 0.770. The van der Waals surface area contributed by atoms with Crippen LogP contribution in [-0.2, 0) is 9.59 Å². The van der Waals surface area contributed by atoms with Crippen molar-refractivity contribution in [2.24, 2.45) is 5.73 Å². The molecule has 136 valence electrons. The van der Waals surface area contributed by atoms with E-state index in [-0.39, 0.29) is 17.9 Å². The lowest BCUT2D eigenvalue weighted by Gasteiger charge is -2.26. The van der Waals surface area contributed by atoms with Crippen molar-refractivity contribution in [3.63, 3.8) is 0 Å². The lowest BCUT2D eigenvalue weighted by Crippen LogP contribution is -2.37. The maximum Gasteiger partial charge on any atom is 0.265 e. The van der Waals surface area contributed by atoms with Crippen LogP contribution in [0.4, 0.5) is 5.69 Å². The molecule has 3 unspecified atom stereocenters. The molecule has 1 aliphatic heterocycles. The van der Waals surface area contributed by atoms with E-state index in [1.165, 1.54) is 0 Å². The van der Waals surface area contributed by atoms with E-state index in [4.69, 9.17) is 10.5 Å². The predicted molar refractivity (Wildman–Crippen MR) is 99.7 cm³/mol. The molecule has 2 amide bonds. The first-order valence-electron chi connectivity index (χ1n) is 8.72. The number of nitrogens with two attached hydrogens (primary N) is 1. The zero-order valence-electron chi connectivity index (χ0n) is 14.9. The summed E-state index contributed by atoms with van der Waals surface area (Å²) in [7, 11) is 0. The van der Waals surface area contributed by atoms with E-state index in [0.717, 1.165) is 11.1 Å². The molecule has 0 radical (unpaired) electrons. The summed E-state index contributed by atoms with van der Waals surface area (Å²) in [6.45, 7) is 3.78. The Morgan fingerprint density at radius 2 is 1.96 bits per heavy atom. The fourth-order valence-electron chi connectivity index (χ4n) is 2.90. The van der Waals surface area contributed by atoms with Crippen LogP contribution >= 0.6 is 0 Å². The molecule has 4 N–H and O–H groups in total. The summed E-state index contributed by atoms with van der Waals surface area (Å²) >= 11 is 0. The average Bonchev–Trinajstić information content (AvgIpc) is 2.67. The van der Waals surface area contributed by atoms with E-state index in [1.54, 1.807) is 6.07 Å². The molecule has 6 nitrogen and oxygen atoms in total. The third-order valence-corrected chi connectivity index (χ3v) is 4.50. The Hall–Kier alpha value is -2.86. The second-order valence-corrected chi connectivity index (χ2v) is 6.38. The Morgan fingerprint density at radius 1 is 1.23 bits per heavy atom. The third-order valence-electron chi connectivity index (χ3n) is 4.50. The Labute approximate surface area is 152 Å². The maximum atomic E-state index is 12.4. The van der Waals surface area contributed by atoms with Crippen LogP contribution in [0, 0.1) is 0 Å². The largest absolute Gasteiger partial charge is 0.478 e. The summed E-state index contributed by atoms with van der Waals surface area (Å²) in [6, 6.07) is 13.8. The fourth-order valence-corrected chi connectivity index (χ4v) is 2.90. The number of rotatable bonds is 5. The number of amides is 2. The van der Waals surface area contributed by atoms with Crippen LogP contribution < -0.4 is 21.1 Å². The van der Waals surface area contributed by atoms with Crippen molar-refractivity contribution >= 4 is 17.5 Å². The predicted octanol–water partition coefficient (Wildman–Crippen LogP) is 2.67. The Balaban J connectivity index is 1.71. The second-order valence-electron chi connectivity index (χ2n) is 6.38. The van der Waals surface area contributed by atoms with Gasteiger partial charge in [-0.1, -0.05) is 43.3 Å². The molecule has 1 aliphatic rings. The van der Waals surface area contributed by atoms with E-state index in [0.29, 0.717) is 17.9 Å². The molecule has 0 fully saturated rings. The lowest BCUT2D eigenvalue weighted by molar-refractivity contribution is -0.124. The van der Waals surface area contributed by atoms with Crippen molar-refractivity contribution in [1.82, 2.24) is 5.32 Å². The molecular weight excluding hydrogens is 330 g/mol. The van der Waals surface area contributed by atoms with Crippen LogP contribution in [0.15, 0.2) is 48.5 Å².